The van der Waals surface area contributed by atoms with Crippen LogP contribution < -0.4 is 0 Å². The van der Waals surface area contributed by atoms with E-state index >= 15 is 0 Å². The highest BCUT2D eigenvalue weighted by atomic mass is 35.5. The largest absolute Gasteiger partial charge is 0.454 e. The van der Waals surface area contributed by atoms with Gasteiger partial charge in [-0.15, -0.1) is 0 Å². The quantitative estimate of drug-likeness (QED) is 0.487. The molecule has 1 atom stereocenters. The molecular formula is C21H17ClO3. The first-order valence-electron chi connectivity index (χ1n) is 8.00. The smallest absolute Gasteiger partial charge is 0.310 e. The molecule has 0 fully saturated rings. The number of ether oxygens (including phenoxy) is 1. The van der Waals surface area contributed by atoms with E-state index in [2.05, 4.69) is 0 Å². The molecule has 4 heteroatoms. The van der Waals surface area contributed by atoms with Gasteiger partial charge in [0, 0.05) is 10.6 Å². The Morgan fingerprint density at radius 1 is 1.00 bits per heavy atom. The number of Topliss-reactive ketones (excluding diaryl/α,β-unsaturated/α-hetero) is 1. The van der Waals surface area contributed by atoms with Crippen LogP contribution in [0.2, 0.25) is 5.02 Å². The average Bonchev–Trinajstić information content (AvgIpc) is 2.61. The van der Waals surface area contributed by atoms with Crippen molar-refractivity contribution in [3.63, 3.8) is 0 Å². The number of hydrogen-bond acceptors (Lipinski definition) is 3. The summed E-state index contributed by atoms with van der Waals surface area (Å²) in [5.41, 5.74) is 1.31. The molecule has 0 bridgehead atoms. The maximum atomic E-state index is 12.4. The number of rotatable bonds is 5. The number of ketones is 1. The van der Waals surface area contributed by atoms with E-state index in [1.165, 1.54) is 0 Å². The van der Waals surface area contributed by atoms with Crippen molar-refractivity contribution < 1.29 is 14.3 Å². The summed E-state index contributed by atoms with van der Waals surface area (Å²) >= 11 is 5.90. The van der Waals surface area contributed by atoms with Gasteiger partial charge in [0.1, 0.15) is 0 Å². The molecule has 0 spiro atoms. The lowest BCUT2D eigenvalue weighted by Gasteiger charge is -2.13. The Labute approximate surface area is 151 Å². The molecule has 126 valence electrons. The molecule has 25 heavy (non-hydrogen) atoms. The van der Waals surface area contributed by atoms with Crippen LogP contribution in [0.3, 0.4) is 0 Å². The van der Waals surface area contributed by atoms with E-state index in [1.807, 2.05) is 42.5 Å². The molecule has 0 aliphatic heterocycles. The third kappa shape index (κ3) is 4.06. The molecule has 0 radical (unpaired) electrons. The highest BCUT2D eigenvalue weighted by molar-refractivity contribution is 6.31. The normalized spacial score (nSPS) is 11.9. The summed E-state index contributed by atoms with van der Waals surface area (Å²) in [6.07, 6.45) is -0.741. The summed E-state index contributed by atoms with van der Waals surface area (Å²) in [5.74, 6) is -0.701. The van der Waals surface area contributed by atoms with Gasteiger partial charge in [0.2, 0.25) is 5.78 Å². The van der Waals surface area contributed by atoms with Crippen LogP contribution in [0.4, 0.5) is 0 Å². The lowest BCUT2D eigenvalue weighted by atomic mass is 10.0. The molecule has 0 saturated carbocycles. The summed E-state index contributed by atoms with van der Waals surface area (Å²) in [4.78, 5) is 24.6. The Morgan fingerprint density at radius 2 is 1.72 bits per heavy atom. The van der Waals surface area contributed by atoms with Crippen molar-refractivity contribution >= 4 is 34.1 Å². The van der Waals surface area contributed by atoms with Gasteiger partial charge in [-0.05, 0) is 35.4 Å². The molecule has 0 amide bonds. The van der Waals surface area contributed by atoms with E-state index in [4.69, 9.17) is 16.3 Å². The second-order valence-corrected chi connectivity index (χ2v) is 6.26. The van der Waals surface area contributed by atoms with Crippen LogP contribution in [-0.2, 0) is 16.0 Å². The van der Waals surface area contributed by atoms with Crippen LogP contribution in [0, 0.1) is 0 Å². The van der Waals surface area contributed by atoms with Crippen LogP contribution in [0.1, 0.15) is 22.8 Å². The van der Waals surface area contributed by atoms with Crippen molar-refractivity contribution in [1.29, 1.82) is 0 Å². The predicted molar refractivity (Wildman–Crippen MR) is 99.0 cm³/mol. The molecule has 0 N–H and O–H groups in total. The Morgan fingerprint density at radius 3 is 2.52 bits per heavy atom. The minimum atomic E-state index is -0.860. The zero-order valence-corrected chi connectivity index (χ0v) is 14.5. The summed E-state index contributed by atoms with van der Waals surface area (Å²) < 4.78 is 5.33. The monoisotopic (exact) mass is 352 g/mol. The van der Waals surface area contributed by atoms with Crippen molar-refractivity contribution in [2.75, 3.05) is 0 Å². The number of esters is 1. The van der Waals surface area contributed by atoms with Gasteiger partial charge in [-0.3, -0.25) is 9.59 Å². The highest BCUT2D eigenvalue weighted by Crippen LogP contribution is 2.20. The first-order chi connectivity index (χ1) is 12.0. The van der Waals surface area contributed by atoms with Crippen molar-refractivity contribution in [2.45, 2.75) is 19.4 Å². The van der Waals surface area contributed by atoms with Crippen LogP contribution in [0.5, 0.6) is 0 Å². The average molecular weight is 353 g/mol. The molecule has 0 aromatic heterocycles. The van der Waals surface area contributed by atoms with Crippen molar-refractivity contribution in [1.82, 2.24) is 0 Å². The van der Waals surface area contributed by atoms with Gasteiger partial charge in [0.05, 0.1) is 6.42 Å². The fourth-order valence-electron chi connectivity index (χ4n) is 2.77. The van der Waals surface area contributed by atoms with E-state index in [0.29, 0.717) is 10.6 Å². The zero-order valence-electron chi connectivity index (χ0n) is 13.7. The summed E-state index contributed by atoms with van der Waals surface area (Å²) in [6, 6.07) is 20.3. The minimum absolute atomic E-state index is 0.120. The highest BCUT2D eigenvalue weighted by Gasteiger charge is 2.20. The fraction of sp³-hybridized carbons (Fsp3) is 0.143. The van der Waals surface area contributed by atoms with Gasteiger partial charge < -0.3 is 4.74 Å². The number of benzene rings is 3. The molecule has 3 aromatic carbocycles. The number of carbonyl (C=O) groups is 2. The second-order valence-electron chi connectivity index (χ2n) is 5.82. The Kier molecular flexibility index (Phi) is 5.15. The first kappa shape index (κ1) is 17.2. The maximum Gasteiger partial charge on any atom is 0.310 e. The molecular weight excluding hydrogens is 336 g/mol. The second kappa shape index (κ2) is 7.49. The van der Waals surface area contributed by atoms with Crippen LogP contribution >= 0.6 is 11.6 Å². The van der Waals surface area contributed by atoms with Crippen LogP contribution in [0.15, 0.2) is 66.7 Å². The summed E-state index contributed by atoms with van der Waals surface area (Å²) in [6.45, 7) is 1.57. The molecule has 3 nitrogen and oxygen atoms in total. The molecule has 0 aliphatic rings. The van der Waals surface area contributed by atoms with Crippen molar-refractivity contribution in [2.24, 2.45) is 0 Å². The molecule has 1 unspecified atom stereocenters. The fourth-order valence-corrected chi connectivity index (χ4v) is 2.96. The Hall–Kier alpha value is -2.65. The molecule has 0 aliphatic carbocycles. The van der Waals surface area contributed by atoms with E-state index < -0.39 is 12.1 Å². The van der Waals surface area contributed by atoms with Crippen LogP contribution in [0.25, 0.3) is 10.8 Å². The first-order valence-corrected chi connectivity index (χ1v) is 8.38. The minimum Gasteiger partial charge on any atom is -0.454 e. The SMILES string of the molecule is CC(OC(=O)Cc1cccc2ccccc12)C(=O)c1cccc(Cl)c1. The zero-order chi connectivity index (χ0) is 17.8. The van der Waals surface area contributed by atoms with Gasteiger partial charge in [-0.2, -0.15) is 0 Å². The van der Waals surface area contributed by atoms with E-state index in [9.17, 15) is 9.59 Å². The summed E-state index contributed by atoms with van der Waals surface area (Å²) in [7, 11) is 0. The van der Waals surface area contributed by atoms with Gasteiger partial charge in [-0.1, -0.05) is 66.2 Å². The molecule has 0 heterocycles. The Bertz CT molecular complexity index is 928. The number of carbonyl (C=O) groups excluding carboxylic acids is 2. The number of hydrogen-bond donors (Lipinski definition) is 0. The third-order valence-corrected chi connectivity index (χ3v) is 4.24. The lowest BCUT2D eigenvalue weighted by Crippen LogP contribution is -2.25. The van der Waals surface area contributed by atoms with Crippen molar-refractivity contribution in [3.05, 3.63) is 82.9 Å². The summed E-state index contributed by atoms with van der Waals surface area (Å²) in [5, 5.41) is 2.55. The lowest BCUT2D eigenvalue weighted by molar-refractivity contribution is -0.145. The van der Waals surface area contributed by atoms with E-state index in [0.717, 1.165) is 16.3 Å². The molecule has 3 rings (SSSR count). The van der Waals surface area contributed by atoms with E-state index in [1.54, 1.807) is 31.2 Å². The topological polar surface area (TPSA) is 43.4 Å². The van der Waals surface area contributed by atoms with Crippen molar-refractivity contribution in [3.8, 4) is 0 Å². The van der Waals surface area contributed by atoms with Gasteiger partial charge >= 0.3 is 5.97 Å². The van der Waals surface area contributed by atoms with Gasteiger partial charge in [-0.25, -0.2) is 0 Å². The number of fused-ring (bicyclic) bond motifs is 1. The standard InChI is InChI=1S/C21H17ClO3/c1-14(21(24)17-9-5-10-18(22)12-17)25-20(23)13-16-8-4-7-15-6-2-3-11-19(15)16/h2-12,14H,13H2,1H3. The maximum absolute atomic E-state index is 12.4. The third-order valence-electron chi connectivity index (χ3n) is 4.00. The van der Waals surface area contributed by atoms with Gasteiger partial charge in [0.25, 0.3) is 0 Å². The molecule has 3 aromatic rings. The number of halogens is 1. The Balaban J connectivity index is 1.70. The molecule has 0 saturated heterocycles. The van der Waals surface area contributed by atoms with Crippen LogP contribution in [-0.4, -0.2) is 17.9 Å². The van der Waals surface area contributed by atoms with E-state index in [-0.39, 0.29) is 12.2 Å². The van der Waals surface area contributed by atoms with Gasteiger partial charge in [0.15, 0.2) is 6.10 Å². The predicted octanol–water partition coefficient (Wildman–Crippen LogP) is 4.85.